The van der Waals surface area contributed by atoms with E-state index in [1.807, 2.05) is 31.2 Å². The molecule has 0 aliphatic heterocycles. The summed E-state index contributed by atoms with van der Waals surface area (Å²) in [5.41, 5.74) is 2.01. The molecular formula is C14H20N2O2. The Morgan fingerprint density at radius 2 is 2.17 bits per heavy atom. The van der Waals surface area contributed by atoms with E-state index in [0.29, 0.717) is 0 Å². The zero-order valence-corrected chi connectivity index (χ0v) is 11.0. The van der Waals surface area contributed by atoms with Crippen molar-refractivity contribution in [3.8, 4) is 0 Å². The van der Waals surface area contributed by atoms with Crippen molar-refractivity contribution in [3.05, 3.63) is 30.1 Å². The average Bonchev–Trinajstić information content (AvgIpc) is 2.74. The van der Waals surface area contributed by atoms with Crippen molar-refractivity contribution in [2.75, 3.05) is 13.2 Å². The van der Waals surface area contributed by atoms with Gasteiger partial charge in [-0.05, 0) is 32.4 Å². The molecule has 2 rings (SSSR count). The number of hydrogen-bond donors (Lipinski definition) is 1. The monoisotopic (exact) mass is 248 g/mol. The van der Waals surface area contributed by atoms with Crippen molar-refractivity contribution in [2.24, 2.45) is 0 Å². The first-order valence-electron chi connectivity index (χ1n) is 6.45. The predicted molar refractivity (Wildman–Crippen MR) is 71.5 cm³/mol. The van der Waals surface area contributed by atoms with Crippen molar-refractivity contribution in [3.63, 3.8) is 0 Å². The number of benzene rings is 1. The summed E-state index contributed by atoms with van der Waals surface area (Å²) in [6, 6.07) is 7.97. The van der Waals surface area contributed by atoms with Crippen molar-refractivity contribution in [1.29, 1.82) is 0 Å². The third-order valence-electron chi connectivity index (χ3n) is 2.93. The average molecular weight is 248 g/mol. The fourth-order valence-electron chi connectivity index (χ4n) is 2.12. The van der Waals surface area contributed by atoms with Crippen LogP contribution in [0.1, 0.15) is 32.2 Å². The zero-order valence-electron chi connectivity index (χ0n) is 11.0. The molecule has 0 radical (unpaired) electrons. The minimum atomic E-state index is -0.551. The van der Waals surface area contributed by atoms with Crippen LogP contribution in [0.25, 0.3) is 11.0 Å². The Hall–Kier alpha value is -1.39. The lowest BCUT2D eigenvalue weighted by atomic mass is 10.3. The molecule has 0 saturated heterocycles. The third-order valence-corrected chi connectivity index (χ3v) is 2.93. The van der Waals surface area contributed by atoms with Gasteiger partial charge in [0.15, 0.2) is 0 Å². The number of hydrogen-bond acceptors (Lipinski definition) is 3. The van der Waals surface area contributed by atoms with Crippen LogP contribution in [0, 0.1) is 0 Å². The summed E-state index contributed by atoms with van der Waals surface area (Å²) in [7, 11) is 0. The standard InChI is InChI=1S/C14H20N2O2/c1-3-18-10-6-9-16-13-8-5-4-7-12(13)15-14(16)11(2)17/h4-5,7-8,11,17H,3,6,9-10H2,1-2H3/t11-/m1/s1. The van der Waals surface area contributed by atoms with Crippen molar-refractivity contribution >= 4 is 11.0 Å². The molecule has 0 bridgehead atoms. The van der Waals surface area contributed by atoms with Crippen molar-refractivity contribution in [2.45, 2.75) is 32.9 Å². The maximum Gasteiger partial charge on any atom is 0.138 e. The Kier molecular flexibility index (Phi) is 4.33. The SMILES string of the molecule is CCOCCCn1c([C@@H](C)O)nc2ccccc21. The number of para-hydroxylation sites is 2. The molecule has 0 fully saturated rings. The summed E-state index contributed by atoms with van der Waals surface area (Å²) in [6.45, 7) is 6.05. The molecule has 1 heterocycles. The Balaban J connectivity index is 2.24. The predicted octanol–water partition coefficient (Wildman–Crippen LogP) is 2.52. The number of aliphatic hydroxyl groups is 1. The number of fused-ring (bicyclic) bond motifs is 1. The molecule has 0 spiro atoms. The molecule has 0 aliphatic carbocycles. The lowest BCUT2D eigenvalue weighted by Crippen LogP contribution is -2.09. The second-order valence-electron chi connectivity index (χ2n) is 4.34. The highest BCUT2D eigenvalue weighted by Gasteiger charge is 2.13. The van der Waals surface area contributed by atoms with Crippen molar-refractivity contribution < 1.29 is 9.84 Å². The molecule has 1 N–H and O–H groups in total. The third kappa shape index (κ3) is 2.71. The van der Waals surface area contributed by atoms with Gasteiger partial charge in [0.25, 0.3) is 0 Å². The Morgan fingerprint density at radius 1 is 1.39 bits per heavy atom. The van der Waals surface area contributed by atoms with E-state index < -0.39 is 6.10 Å². The molecule has 1 aromatic carbocycles. The quantitative estimate of drug-likeness (QED) is 0.799. The highest BCUT2D eigenvalue weighted by atomic mass is 16.5. The van der Waals surface area contributed by atoms with Crippen LogP contribution in [0.4, 0.5) is 0 Å². The molecule has 0 saturated carbocycles. The molecule has 0 amide bonds. The fourth-order valence-corrected chi connectivity index (χ4v) is 2.12. The van der Waals surface area contributed by atoms with E-state index in [1.54, 1.807) is 6.92 Å². The van der Waals surface area contributed by atoms with Gasteiger partial charge in [0.1, 0.15) is 11.9 Å². The lowest BCUT2D eigenvalue weighted by Gasteiger charge is -2.10. The number of ether oxygens (including phenoxy) is 1. The van der Waals surface area contributed by atoms with E-state index in [2.05, 4.69) is 9.55 Å². The van der Waals surface area contributed by atoms with E-state index in [0.717, 1.165) is 43.0 Å². The molecule has 4 heteroatoms. The molecule has 1 atom stereocenters. The minimum absolute atomic E-state index is 0.551. The number of aryl methyl sites for hydroxylation is 1. The van der Waals surface area contributed by atoms with Crippen molar-refractivity contribution in [1.82, 2.24) is 9.55 Å². The Bertz CT molecular complexity index is 505. The maximum absolute atomic E-state index is 9.79. The summed E-state index contributed by atoms with van der Waals surface area (Å²) < 4.78 is 7.43. The van der Waals surface area contributed by atoms with Crippen LogP contribution in [0.5, 0.6) is 0 Å². The van der Waals surface area contributed by atoms with E-state index in [9.17, 15) is 5.11 Å². The van der Waals surface area contributed by atoms with Gasteiger partial charge in [0, 0.05) is 19.8 Å². The molecule has 0 aliphatic rings. The molecule has 0 unspecified atom stereocenters. The lowest BCUT2D eigenvalue weighted by molar-refractivity contribution is 0.139. The maximum atomic E-state index is 9.79. The van der Waals surface area contributed by atoms with Gasteiger partial charge in [-0.2, -0.15) is 0 Å². The summed E-state index contributed by atoms with van der Waals surface area (Å²) in [5.74, 6) is 0.729. The number of aromatic nitrogens is 2. The van der Waals surface area contributed by atoms with Crippen LogP contribution in [-0.4, -0.2) is 27.9 Å². The van der Waals surface area contributed by atoms with Gasteiger partial charge in [0.05, 0.1) is 11.0 Å². The summed E-state index contributed by atoms with van der Waals surface area (Å²) in [4.78, 5) is 4.48. The van der Waals surface area contributed by atoms with Crippen LogP contribution in [0.2, 0.25) is 0 Å². The molecule has 1 aromatic heterocycles. The second kappa shape index (κ2) is 5.98. The summed E-state index contributed by atoms with van der Waals surface area (Å²) in [6.07, 6.45) is 0.373. The van der Waals surface area contributed by atoms with Gasteiger partial charge >= 0.3 is 0 Å². The van der Waals surface area contributed by atoms with E-state index >= 15 is 0 Å². The van der Waals surface area contributed by atoms with Gasteiger partial charge < -0.3 is 14.4 Å². The minimum Gasteiger partial charge on any atom is -0.385 e. The summed E-state index contributed by atoms with van der Waals surface area (Å²) in [5, 5.41) is 9.79. The molecular weight excluding hydrogens is 228 g/mol. The van der Waals surface area contributed by atoms with Gasteiger partial charge in [-0.3, -0.25) is 0 Å². The molecule has 18 heavy (non-hydrogen) atoms. The Morgan fingerprint density at radius 3 is 2.89 bits per heavy atom. The van der Waals surface area contributed by atoms with Gasteiger partial charge in [-0.15, -0.1) is 0 Å². The largest absolute Gasteiger partial charge is 0.385 e. The fraction of sp³-hybridized carbons (Fsp3) is 0.500. The first-order valence-corrected chi connectivity index (χ1v) is 6.45. The first kappa shape index (κ1) is 13.1. The topological polar surface area (TPSA) is 47.3 Å². The van der Waals surface area contributed by atoms with Crippen LogP contribution in [0.15, 0.2) is 24.3 Å². The molecule has 98 valence electrons. The normalized spacial score (nSPS) is 13.1. The van der Waals surface area contributed by atoms with E-state index in [4.69, 9.17) is 4.74 Å². The number of rotatable bonds is 6. The summed E-state index contributed by atoms with van der Waals surface area (Å²) >= 11 is 0. The van der Waals surface area contributed by atoms with Gasteiger partial charge in [-0.1, -0.05) is 12.1 Å². The van der Waals surface area contributed by atoms with Crippen LogP contribution in [-0.2, 0) is 11.3 Å². The smallest absolute Gasteiger partial charge is 0.138 e. The van der Waals surface area contributed by atoms with E-state index in [1.165, 1.54) is 0 Å². The van der Waals surface area contributed by atoms with Crippen LogP contribution in [0.3, 0.4) is 0 Å². The first-order chi connectivity index (χ1) is 8.74. The molecule has 2 aromatic rings. The van der Waals surface area contributed by atoms with Gasteiger partial charge in [0.2, 0.25) is 0 Å². The highest BCUT2D eigenvalue weighted by molar-refractivity contribution is 5.75. The number of imidazole rings is 1. The van der Waals surface area contributed by atoms with Gasteiger partial charge in [-0.25, -0.2) is 4.98 Å². The number of aliphatic hydroxyl groups excluding tert-OH is 1. The number of nitrogens with zero attached hydrogens (tertiary/aromatic N) is 2. The van der Waals surface area contributed by atoms with Crippen LogP contribution >= 0.6 is 0 Å². The highest BCUT2D eigenvalue weighted by Crippen LogP contribution is 2.20. The Labute approximate surface area is 107 Å². The second-order valence-corrected chi connectivity index (χ2v) is 4.34. The van der Waals surface area contributed by atoms with E-state index in [-0.39, 0.29) is 0 Å². The molecule has 4 nitrogen and oxygen atoms in total. The zero-order chi connectivity index (χ0) is 13.0. The van der Waals surface area contributed by atoms with Crippen LogP contribution < -0.4 is 0 Å².